The van der Waals surface area contributed by atoms with E-state index in [1.165, 1.54) is 4.68 Å². The summed E-state index contributed by atoms with van der Waals surface area (Å²) in [6, 6.07) is 9.52. The van der Waals surface area contributed by atoms with Gasteiger partial charge >= 0.3 is 6.09 Å². The van der Waals surface area contributed by atoms with Crippen LogP contribution in [0.25, 0.3) is 11.4 Å². The molecule has 19 heavy (non-hydrogen) atoms. The van der Waals surface area contributed by atoms with E-state index in [1.54, 1.807) is 6.92 Å². The number of carbonyl (C=O) groups excluding carboxylic acids is 1. The minimum Gasteiger partial charge on any atom is -0.442 e. The highest BCUT2D eigenvalue weighted by atomic mass is 16.6. The smallest absolute Gasteiger partial charge is 0.436 e. The molecule has 0 spiro atoms. The minimum atomic E-state index is -0.553. The van der Waals surface area contributed by atoms with E-state index in [0.717, 1.165) is 5.56 Å². The highest BCUT2D eigenvalue weighted by molar-refractivity contribution is 5.71. The summed E-state index contributed by atoms with van der Waals surface area (Å²) in [4.78, 5) is 16.2. The van der Waals surface area contributed by atoms with Crippen LogP contribution < -0.4 is 0 Å². The van der Waals surface area contributed by atoms with Gasteiger partial charge in [0, 0.05) is 5.56 Å². The summed E-state index contributed by atoms with van der Waals surface area (Å²) in [5.74, 6) is 1.03. The molecule has 0 atom stereocenters. The van der Waals surface area contributed by atoms with E-state index in [0.29, 0.717) is 11.6 Å². The molecular weight excluding hydrogens is 242 g/mol. The van der Waals surface area contributed by atoms with Gasteiger partial charge in [0.2, 0.25) is 0 Å². The van der Waals surface area contributed by atoms with Crippen LogP contribution in [0.3, 0.4) is 0 Å². The van der Waals surface area contributed by atoms with E-state index < -0.39 is 11.7 Å². The molecule has 5 nitrogen and oxygen atoms in total. The number of benzene rings is 1. The molecule has 0 amide bonds. The molecule has 0 aliphatic heterocycles. The standard InChI is InChI=1S/C14H17N3O2/c1-10-15-12(11-8-6-5-7-9-11)16-17(10)13(18)19-14(2,3)4/h5-9H,1-4H3. The second-order valence-corrected chi connectivity index (χ2v) is 5.24. The van der Waals surface area contributed by atoms with Crippen LogP contribution in [-0.2, 0) is 4.74 Å². The molecule has 1 aromatic carbocycles. The van der Waals surface area contributed by atoms with Gasteiger partial charge in [0.25, 0.3) is 0 Å². The molecule has 0 saturated heterocycles. The molecule has 1 aromatic heterocycles. The third kappa shape index (κ3) is 3.19. The molecule has 0 unspecified atom stereocenters. The fourth-order valence-corrected chi connectivity index (χ4v) is 1.58. The van der Waals surface area contributed by atoms with Gasteiger partial charge in [-0.15, -0.1) is 9.78 Å². The van der Waals surface area contributed by atoms with Crippen molar-refractivity contribution >= 4 is 6.09 Å². The van der Waals surface area contributed by atoms with Crippen molar-refractivity contribution < 1.29 is 9.53 Å². The number of hydrogen-bond acceptors (Lipinski definition) is 4. The van der Waals surface area contributed by atoms with Gasteiger partial charge in [0.1, 0.15) is 11.4 Å². The Morgan fingerprint density at radius 2 is 1.84 bits per heavy atom. The first-order chi connectivity index (χ1) is 8.87. The molecule has 0 saturated carbocycles. The third-order valence-corrected chi connectivity index (χ3v) is 2.37. The van der Waals surface area contributed by atoms with Gasteiger partial charge in [-0.3, -0.25) is 0 Å². The van der Waals surface area contributed by atoms with E-state index >= 15 is 0 Å². The van der Waals surface area contributed by atoms with Gasteiger partial charge < -0.3 is 4.74 Å². The Balaban J connectivity index is 2.30. The largest absolute Gasteiger partial charge is 0.442 e. The molecule has 0 fully saturated rings. The van der Waals surface area contributed by atoms with Gasteiger partial charge in [-0.2, -0.15) is 0 Å². The summed E-state index contributed by atoms with van der Waals surface area (Å²) in [5.41, 5.74) is 0.315. The Labute approximate surface area is 112 Å². The van der Waals surface area contributed by atoms with Gasteiger partial charge in [-0.1, -0.05) is 30.3 Å². The second kappa shape index (κ2) is 4.84. The Kier molecular flexibility index (Phi) is 3.38. The fraction of sp³-hybridized carbons (Fsp3) is 0.357. The van der Waals surface area contributed by atoms with E-state index in [1.807, 2.05) is 51.1 Å². The topological polar surface area (TPSA) is 57.0 Å². The lowest BCUT2D eigenvalue weighted by Gasteiger charge is -2.18. The van der Waals surface area contributed by atoms with Crippen molar-refractivity contribution in [1.29, 1.82) is 0 Å². The highest BCUT2D eigenvalue weighted by Gasteiger charge is 2.21. The lowest BCUT2D eigenvalue weighted by Crippen LogP contribution is -2.28. The normalized spacial score (nSPS) is 11.4. The maximum absolute atomic E-state index is 12.0. The van der Waals surface area contributed by atoms with Crippen LogP contribution in [0.4, 0.5) is 4.79 Å². The summed E-state index contributed by atoms with van der Waals surface area (Å²) in [7, 11) is 0. The van der Waals surface area contributed by atoms with Gasteiger partial charge in [0.05, 0.1) is 0 Å². The van der Waals surface area contributed by atoms with Crippen LogP contribution in [0.2, 0.25) is 0 Å². The first-order valence-electron chi connectivity index (χ1n) is 6.09. The molecule has 2 rings (SSSR count). The summed E-state index contributed by atoms with van der Waals surface area (Å²) < 4.78 is 6.46. The number of ether oxygens (including phenoxy) is 1. The van der Waals surface area contributed by atoms with Crippen molar-refractivity contribution in [2.75, 3.05) is 0 Å². The second-order valence-electron chi connectivity index (χ2n) is 5.24. The quantitative estimate of drug-likeness (QED) is 0.789. The van der Waals surface area contributed by atoms with Crippen molar-refractivity contribution in [3.63, 3.8) is 0 Å². The first-order valence-corrected chi connectivity index (χ1v) is 6.09. The zero-order valence-electron chi connectivity index (χ0n) is 11.5. The van der Waals surface area contributed by atoms with E-state index in [2.05, 4.69) is 10.1 Å². The first kappa shape index (κ1) is 13.3. The van der Waals surface area contributed by atoms with Crippen LogP contribution in [-0.4, -0.2) is 26.5 Å². The van der Waals surface area contributed by atoms with E-state index in [-0.39, 0.29) is 0 Å². The van der Waals surface area contributed by atoms with Crippen molar-refractivity contribution in [1.82, 2.24) is 14.8 Å². The number of carbonyl (C=O) groups is 1. The molecule has 100 valence electrons. The molecule has 0 N–H and O–H groups in total. The van der Waals surface area contributed by atoms with Crippen LogP contribution in [0.1, 0.15) is 26.6 Å². The Morgan fingerprint density at radius 3 is 2.42 bits per heavy atom. The maximum Gasteiger partial charge on any atom is 0.436 e. The van der Waals surface area contributed by atoms with Gasteiger partial charge in [-0.25, -0.2) is 9.78 Å². The van der Waals surface area contributed by atoms with Gasteiger partial charge in [-0.05, 0) is 27.7 Å². The summed E-state index contributed by atoms with van der Waals surface area (Å²) in [5, 5.41) is 4.20. The van der Waals surface area contributed by atoms with Crippen molar-refractivity contribution in [3.8, 4) is 11.4 Å². The van der Waals surface area contributed by atoms with E-state index in [4.69, 9.17) is 4.74 Å². The molecular formula is C14H17N3O2. The van der Waals surface area contributed by atoms with Gasteiger partial charge in [0.15, 0.2) is 5.82 Å². The zero-order chi connectivity index (χ0) is 14.0. The average molecular weight is 259 g/mol. The SMILES string of the molecule is Cc1nc(-c2ccccc2)nn1C(=O)OC(C)(C)C. The molecule has 0 aliphatic carbocycles. The van der Waals surface area contributed by atoms with Crippen molar-refractivity contribution in [2.24, 2.45) is 0 Å². The monoisotopic (exact) mass is 259 g/mol. The fourth-order valence-electron chi connectivity index (χ4n) is 1.58. The van der Waals surface area contributed by atoms with Crippen LogP contribution in [0.5, 0.6) is 0 Å². The predicted molar refractivity (Wildman–Crippen MR) is 71.8 cm³/mol. The molecule has 0 radical (unpaired) electrons. The zero-order valence-corrected chi connectivity index (χ0v) is 11.5. The van der Waals surface area contributed by atoms with Crippen LogP contribution >= 0.6 is 0 Å². The Bertz CT molecular complexity index is 582. The Morgan fingerprint density at radius 1 is 1.21 bits per heavy atom. The molecule has 5 heteroatoms. The number of aromatic nitrogens is 3. The lowest BCUT2D eigenvalue weighted by atomic mass is 10.2. The molecule has 1 heterocycles. The average Bonchev–Trinajstić information content (AvgIpc) is 2.70. The lowest BCUT2D eigenvalue weighted by molar-refractivity contribution is 0.0510. The third-order valence-electron chi connectivity index (χ3n) is 2.37. The highest BCUT2D eigenvalue weighted by Crippen LogP contribution is 2.16. The number of hydrogen-bond donors (Lipinski definition) is 0. The molecule has 2 aromatic rings. The van der Waals surface area contributed by atoms with E-state index in [9.17, 15) is 4.79 Å². The molecule has 0 aliphatic rings. The molecule has 0 bridgehead atoms. The van der Waals surface area contributed by atoms with Crippen LogP contribution in [0.15, 0.2) is 30.3 Å². The van der Waals surface area contributed by atoms with Crippen LogP contribution in [0, 0.1) is 6.92 Å². The summed E-state index contributed by atoms with van der Waals surface area (Å²) in [6.45, 7) is 7.17. The van der Waals surface area contributed by atoms with Crippen molar-refractivity contribution in [3.05, 3.63) is 36.2 Å². The maximum atomic E-state index is 12.0. The number of rotatable bonds is 1. The Hall–Kier alpha value is -2.17. The number of nitrogens with zero attached hydrogens (tertiary/aromatic N) is 3. The number of aryl methyl sites for hydroxylation is 1. The minimum absolute atomic E-state index is 0.508. The summed E-state index contributed by atoms with van der Waals surface area (Å²) in [6.07, 6.45) is -0.514. The van der Waals surface area contributed by atoms with Crippen molar-refractivity contribution in [2.45, 2.75) is 33.3 Å². The predicted octanol–water partition coefficient (Wildman–Crippen LogP) is 3.04. The summed E-state index contributed by atoms with van der Waals surface area (Å²) >= 11 is 0.